The Morgan fingerprint density at radius 2 is 2.28 bits per heavy atom. The number of carbonyl (C=O) groups excluding carboxylic acids is 1. The highest BCUT2D eigenvalue weighted by molar-refractivity contribution is 5.80. The lowest BCUT2D eigenvalue weighted by Crippen LogP contribution is -2.37. The molecular weight excluding hydrogens is 234 g/mol. The number of hydrogen-bond donors (Lipinski definition) is 2. The lowest BCUT2D eigenvalue weighted by Gasteiger charge is -2.15. The molecule has 5 heteroatoms. The van der Waals surface area contributed by atoms with E-state index in [4.69, 9.17) is 14.6 Å². The predicted molar refractivity (Wildman–Crippen MR) is 67.3 cm³/mol. The normalized spacial score (nSPS) is 11.9. The van der Waals surface area contributed by atoms with Gasteiger partial charge in [0.15, 0.2) is 6.10 Å². The van der Waals surface area contributed by atoms with Crippen LogP contribution in [0.1, 0.15) is 12.5 Å². The molecule has 1 aromatic carbocycles. The summed E-state index contributed by atoms with van der Waals surface area (Å²) in [4.78, 5) is 11.6. The van der Waals surface area contributed by atoms with Gasteiger partial charge in [0.05, 0.1) is 13.2 Å². The summed E-state index contributed by atoms with van der Waals surface area (Å²) in [5, 5.41) is 11.7. The molecule has 1 amide bonds. The number of methoxy groups -OCH3 is 1. The molecular formula is C13H19NO4. The minimum Gasteiger partial charge on any atom is -0.481 e. The summed E-state index contributed by atoms with van der Waals surface area (Å²) in [6.07, 6.45) is -0.587. The summed E-state index contributed by atoms with van der Waals surface area (Å²) in [5.41, 5.74) is 0.750. The van der Waals surface area contributed by atoms with E-state index in [1.165, 1.54) is 0 Å². The van der Waals surface area contributed by atoms with Gasteiger partial charge in [0, 0.05) is 13.7 Å². The first-order valence-electron chi connectivity index (χ1n) is 5.80. The van der Waals surface area contributed by atoms with E-state index in [9.17, 15) is 4.79 Å². The Hall–Kier alpha value is -1.59. The Balaban J connectivity index is 2.47. The average molecular weight is 253 g/mol. The summed E-state index contributed by atoms with van der Waals surface area (Å²) in [5.74, 6) is 0.373. The van der Waals surface area contributed by atoms with Gasteiger partial charge >= 0.3 is 0 Å². The van der Waals surface area contributed by atoms with Crippen molar-refractivity contribution < 1.29 is 19.4 Å². The summed E-state index contributed by atoms with van der Waals surface area (Å²) in [6.45, 7) is 2.55. The molecule has 0 radical (unpaired) electrons. The Kier molecular flexibility index (Phi) is 6.18. The van der Waals surface area contributed by atoms with Crippen molar-refractivity contribution in [3.63, 3.8) is 0 Å². The molecule has 1 unspecified atom stereocenters. The first-order valence-corrected chi connectivity index (χ1v) is 5.80. The molecule has 1 rings (SSSR count). The number of nitrogens with one attached hydrogen (secondary N) is 1. The van der Waals surface area contributed by atoms with E-state index in [2.05, 4.69) is 5.32 Å². The molecule has 0 saturated carbocycles. The van der Waals surface area contributed by atoms with Crippen molar-refractivity contribution in [1.29, 1.82) is 0 Å². The van der Waals surface area contributed by atoms with Gasteiger partial charge in [-0.05, 0) is 24.6 Å². The molecule has 0 spiro atoms. The van der Waals surface area contributed by atoms with Gasteiger partial charge in [0.1, 0.15) is 5.75 Å². The van der Waals surface area contributed by atoms with Gasteiger partial charge < -0.3 is 19.9 Å². The highest BCUT2D eigenvalue weighted by Gasteiger charge is 2.13. The van der Waals surface area contributed by atoms with Crippen LogP contribution < -0.4 is 10.1 Å². The molecule has 5 nitrogen and oxygen atoms in total. The maximum Gasteiger partial charge on any atom is 0.260 e. The monoisotopic (exact) mass is 253 g/mol. The van der Waals surface area contributed by atoms with E-state index >= 15 is 0 Å². The van der Waals surface area contributed by atoms with E-state index < -0.39 is 6.10 Å². The van der Waals surface area contributed by atoms with E-state index in [1.807, 2.05) is 0 Å². The summed E-state index contributed by atoms with van der Waals surface area (Å²) in [6, 6.07) is 7.02. The highest BCUT2D eigenvalue weighted by Crippen LogP contribution is 2.14. The second-order valence-electron chi connectivity index (χ2n) is 3.85. The smallest absolute Gasteiger partial charge is 0.260 e. The van der Waals surface area contributed by atoms with Crippen LogP contribution in [0.5, 0.6) is 5.75 Å². The average Bonchev–Trinajstić information content (AvgIpc) is 2.39. The SMILES string of the molecule is COCCNC(=O)C(C)Oc1cccc(CO)c1. The molecule has 0 aromatic heterocycles. The number of hydrogen-bond acceptors (Lipinski definition) is 4. The van der Waals surface area contributed by atoms with Crippen LogP contribution in [0.4, 0.5) is 0 Å². The van der Waals surface area contributed by atoms with Gasteiger partial charge in [0.2, 0.25) is 0 Å². The quantitative estimate of drug-likeness (QED) is 0.702. The third-order valence-electron chi connectivity index (χ3n) is 2.37. The molecule has 0 aliphatic rings. The Morgan fingerprint density at radius 1 is 1.50 bits per heavy atom. The molecule has 0 aliphatic heterocycles. The molecule has 0 saturated heterocycles. The molecule has 0 aliphatic carbocycles. The van der Waals surface area contributed by atoms with E-state index in [0.29, 0.717) is 18.9 Å². The van der Waals surface area contributed by atoms with Crippen LogP contribution in [0.25, 0.3) is 0 Å². The Bertz CT molecular complexity index is 381. The van der Waals surface area contributed by atoms with Crippen LogP contribution in [-0.4, -0.2) is 37.4 Å². The molecule has 1 aromatic rings. The Morgan fingerprint density at radius 3 is 2.94 bits per heavy atom. The summed E-state index contributed by atoms with van der Waals surface area (Å²) in [7, 11) is 1.58. The second kappa shape index (κ2) is 7.68. The first-order chi connectivity index (χ1) is 8.67. The van der Waals surface area contributed by atoms with Crippen LogP contribution in [-0.2, 0) is 16.1 Å². The van der Waals surface area contributed by atoms with Gasteiger partial charge in [0.25, 0.3) is 5.91 Å². The third kappa shape index (κ3) is 4.73. The van der Waals surface area contributed by atoms with Crippen molar-refractivity contribution in [1.82, 2.24) is 5.32 Å². The fraction of sp³-hybridized carbons (Fsp3) is 0.462. The minimum atomic E-state index is -0.587. The molecule has 0 fully saturated rings. The summed E-state index contributed by atoms with van der Waals surface area (Å²) >= 11 is 0. The molecule has 100 valence electrons. The van der Waals surface area contributed by atoms with Gasteiger partial charge in [-0.15, -0.1) is 0 Å². The zero-order chi connectivity index (χ0) is 13.4. The molecule has 0 heterocycles. The van der Waals surface area contributed by atoms with E-state index in [1.54, 1.807) is 38.3 Å². The van der Waals surface area contributed by atoms with Crippen molar-refractivity contribution in [2.45, 2.75) is 19.6 Å². The molecule has 18 heavy (non-hydrogen) atoms. The van der Waals surface area contributed by atoms with Crippen molar-refractivity contribution in [3.05, 3.63) is 29.8 Å². The van der Waals surface area contributed by atoms with Crippen LogP contribution in [0.2, 0.25) is 0 Å². The van der Waals surface area contributed by atoms with Crippen molar-refractivity contribution in [2.24, 2.45) is 0 Å². The molecule has 1 atom stereocenters. The zero-order valence-corrected chi connectivity index (χ0v) is 10.7. The lowest BCUT2D eigenvalue weighted by molar-refractivity contribution is -0.127. The van der Waals surface area contributed by atoms with Gasteiger partial charge in [-0.2, -0.15) is 0 Å². The number of carbonyl (C=O) groups is 1. The van der Waals surface area contributed by atoms with Crippen LogP contribution >= 0.6 is 0 Å². The first kappa shape index (κ1) is 14.5. The second-order valence-corrected chi connectivity index (χ2v) is 3.85. The van der Waals surface area contributed by atoms with Crippen molar-refractivity contribution >= 4 is 5.91 Å². The third-order valence-corrected chi connectivity index (χ3v) is 2.37. The number of benzene rings is 1. The molecule has 0 bridgehead atoms. The molecule has 2 N–H and O–H groups in total. The van der Waals surface area contributed by atoms with E-state index in [0.717, 1.165) is 5.56 Å². The topological polar surface area (TPSA) is 67.8 Å². The lowest BCUT2D eigenvalue weighted by atomic mass is 10.2. The highest BCUT2D eigenvalue weighted by atomic mass is 16.5. The maximum absolute atomic E-state index is 11.6. The zero-order valence-electron chi connectivity index (χ0n) is 10.7. The number of amides is 1. The largest absolute Gasteiger partial charge is 0.481 e. The predicted octanol–water partition coefficient (Wildman–Crippen LogP) is 0.709. The van der Waals surface area contributed by atoms with Crippen LogP contribution in [0, 0.1) is 0 Å². The van der Waals surface area contributed by atoms with Gasteiger partial charge in [-0.25, -0.2) is 0 Å². The van der Waals surface area contributed by atoms with Crippen molar-refractivity contribution in [2.75, 3.05) is 20.3 Å². The van der Waals surface area contributed by atoms with Crippen LogP contribution in [0.15, 0.2) is 24.3 Å². The fourth-order valence-electron chi connectivity index (χ4n) is 1.39. The number of aliphatic hydroxyl groups excluding tert-OH is 1. The standard InChI is InChI=1S/C13H19NO4/c1-10(13(16)14-6-7-17-2)18-12-5-3-4-11(8-12)9-15/h3-5,8,10,15H,6-7,9H2,1-2H3,(H,14,16). The van der Waals surface area contributed by atoms with E-state index in [-0.39, 0.29) is 12.5 Å². The number of ether oxygens (including phenoxy) is 2. The van der Waals surface area contributed by atoms with Gasteiger partial charge in [-0.1, -0.05) is 12.1 Å². The number of aliphatic hydroxyl groups is 1. The number of rotatable bonds is 7. The van der Waals surface area contributed by atoms with Crippen LogP contribution in [0.3, 0.4) is 0 Å². The van der Waals surface area contributed by atoms with Gasteiger partial charge in [-0.3, -0.25) is 4.79 Å². The maximum atomic E-state index is 11.6. The minimum absolute atomic E-state index is 0.0500. The Labute approximate surface area is 107 Å². The summed E-state index contributed by atoms with van der Waals surface area (Å²) < 4.78 is 10.3. The van der Waals surface area contributed by atoms with Crippen molar-refractivity contribution in [3.8, 4) is 5.75 Å². The fourth-order valence-corrected chi connectivity index (χ4v) is 1.39.